The Balaban J connectivity index is 1.52. The van der Waals surface area contributed by atoms with Crippen molar-refractivity contribution in [3.63, 3.8) is 0 Å². The Kier molecular flexibility index (Phi) is 11.1. The highest BCUT2D eigenvalue weighted by Gasteiger charge is 2.28. The second-order valence-electron chi connectivity index (χ2n) is 10.4. The van der Waals surface area contributed by atoms with E-state index in [0.29, 0.717) is 48.7 Å². The normalized spacial score (nSPS) is 16.8. The number of rotatable bonds is 13. The highest BCUT2D eigenvalue weighted by molar-refractivity contribution is 8.25. The smallest absolute Gasteiger partial charge is 0.251 e. The molecule has 3 aromatic carbocycles. The van der Waals surface area contributed by atoms with Crippen LogP contribution in [0.25, 0.3) is 0 Å². The number of hydrogen-bond acceptors (Lipinski definition) is 8. The Morgan fingerprint density at radius 2 is 1.86 bits per heavy atom. The molecule has 1 aliphatic heterocycles. The molecule has 0 aliphatic carbocycles. The predicted octanol–water partition coefficient (Wildman–Crippen LogP) is 5.02. The first-order valence-corrected chi connectivity index (χ1v) is 15.9. The van der Waals surface area contributed by atoms with E-state index in [-0.39, 0.29) is 18.2 Å². The van der Waals surface area contributed by atoms with E-state index in [0.717, 1.165) is 24.0 Å². The van der Waals surface area contributed by atoms with Crippen LogP contribution in [0, 0.1) is 5.82 Å². The van der Waals surface area contributed by atoms with E-state index >= 15 is 0 Å². The van der Waals surface area contributed by atoms with Gasteiger partial charge in [-0.25, -0.2) is 4.39 Å². The van der Waals surface area contributed by atoms with E-state index in [1.165, 1.54) is 13.2 Å². The van der Waals surface area contributed by atoms with Gasteiger partial charge in [-0.15, -0.1) is 10.8 Å². The van der Waals surface area contributed by atoms with Crippen molar-refractivity contribution in [3.05, 3.63) is 89.2 Å². The highest BCUT2D eigenvalue weighted by Crippen LogP contribution is 2.50. The first kappa shape index (κ1) is 31.6. The number of amides is 1. The first-order chi connectivity index (χ1) is 20.2. The number of carbonyl (C=O) groups is 1. The van der Waals surface area contributed by atoms with Crippen molar-refractivity contribution in [2.45, 2.75) is 44.9 Å². The third-order valence-electron chi connectivity index (χ3n) is 7.21. The molecule has 2 unspecified atom stereocenters. The van der Waals surface area contributed by atoms with Crippen LogP contribution in [-0.4, -0.2) is 64.8 Å². The zero-order valence-electron chi connectivity index (χ0n) is 24.1. The Bertz CT molecular complexity index is 1330. The lowest BCUT2D eigenvalue weighted by molar-refractivity contribution is 0.0830. The number of halogens is 1. The molecule has 3 aromatic rings. The predicted molar refractivity (Wildman–Crippen MR) is 167 cm³/mol. The topological polar surface area (TPSA) is 126 Å². The van der Waals surface area contributed by atoms with E-state index in [9.17, 15) is 23.4 Å². The summed E-state index contributed by atoms with van der Waals surface area (Å²) in [7, 11) is -1.56. The summed E-state index contributed by atoms with van der Waals surface area (Å²) >= 11 is 0. The Labute approximate surface area is 248 Å². The fourth-order valence-corrected chi connectivity index (χ4v) is 6.70. The summed E-state index contributed by atoms with van der Waals surface area (Å²) in [5, 5.41) is 20.6. The standard InChI is InChI=1S/C31H41FN4O5S/c1-3-34-25-17-24(18-26(19-25)36-13-7-8-14-42(36,39)40)31(38)35-28(15-22-9-5-4-6-10-22)29(37)21-33-20-23-11-12-27(32)30(16-23)41-2/h4-6,9-12,16-19,28-29,33-34,37,39-40H,3,7-8,13-15,20-21H2,1-2H3,(H,35,38). The molecule has 0 spiro atoms. The molecule has 0 aromatic heterocycles. The number of aliphatic hydroxyl groups excluding tert-OH is 1. The second kappa shape index (κ2) is 14.7. The van der Waals surface area contributed by atoms with Crippen LogP contribution in [0.2, 0.25) is 0 Å². The monoisotopic (exact) mass is 600 g/mol. The van der Waals surface area contributed by atoms with Crippen LogP contribution in [-0.2, 0) is 13.0 Å². The summed E-state index contributed by atoms with van der Waals surface area (Å²) in [6.45, 7) is 3.61. The third kappa shape index (κ3) is 8.36. The lowest BCUT2D eigenvalue weighted by atomic mass is 10.00. The van der Waals surface area contributed by atoms with Crippen molar-refractivity contribution in [2.24, 2.45) is 0 Å². The molecule has 1 heterocycles. The highest BCUT2D eigenvalue weighted by atomic mass is 32.3. The molecule has 4 rings (SSSR count). The molecule has 11 heteroatoms. The van der Waals surface area contributed by atoms with Crippen LogP contribution in [0.15, 0.2) is 66.7 Å². The van der Waals surface area contributed by atoms with Crippen molar-refractivity contribution in [3.8, 4) is 5.75 Å². The molecule has 6 N–H and O–H groups in total. The lowest BCUT2D eigenvalue weighted by Gasteiger charge is -2.47. The molecule has 1 aliphatic rings. The number of methoxy groups -OCH3 is 1. The molecule has 0 radical (unpaired) electrons. The van der Waals surface area contributed by atoms with E-state index in [1.807, 2.05) is 43.3 Å². The molecule has 228 valence electrons. The number of aliphatic hydroxyl groups is 1. The van der Waals surface area contributed by atoms with Gasteiger partial charge in [0.25, 0.3) is 5.91 Å². The number of nitrogens with zero attached hydrogens (tertiary/aromatic N) is 1. The van der Waals surface area contributed by atoms with E-state index in [1.54, 1.807) is 28.6 Å². The van der Waals surface area contributed by atoms with E-state index < -0.39 is 28.7 Å². The molecule has 0 saturated carbocycles. The first-order valence-electron chi connectivity index (χ1n) is 14.2. The molecule has 42 heavy (non-hydrogen) atoms. The van der Waals surface area contributed by atoms with Gasteiger partial charge in [-0.05, 0) is 67.6 Å². The van der Waals surface area contributed by atoms with Crippen molar-refractivity contribution >= 4 is 28.1 Å². The summed E-state index contributed by atoms with van der Waals surface area (Å²) in [6.07, 6.45) is 1.01. The van der Waals surface area contributed by atoms with Gasteiger partial charge in [0.1, 0.15) is 0 Å². The number of benzene rings is 3. The van der Waals surface area contributed by atoms with Crippen molar-refractivity contribution < 1.29 is 28.1 Å². The van der Waals surface area contributed by atoms with Gasteiger partial charge in [-0.1, -0.05) is 36.4 Å². The maximum Gasteiger partial charge on any atom is 0.251 e. The number of carbonyl (C=O) groups excluding carboxylic acids is 1. The number of ether oxygens (including phenoxy) is 1. The molecular weight excluding hydrogens is 559 g/mol. The molecular formula is C31H41FN4O5S. The SMILES string of the molecule is CCNc1cc(C(=O)NC(Cc2ccccc2)C(O)CNCc2ccc(F)c(OC)c2)cc(N2CCCCS2(O)O)c1. The minimum absolute atomic E-state index is 0.147. The number of hydrogen-bond donors (Lipinski definition) is 6. The van der Waals surface area contributed by atoms with Crippen molar-refractivity contribution in [1.82, 2.24) is 10.6 Å². The van der Waals surface area contributed by atoms with Gasteiger partial charge < -0.3 is 25.8 Å². The van der Waals surface area contributed by atoms with Crippen LogP contribution >= 0.6 is 10.8 Å². The maximum atomic E-state index is 13.8. The Morgan fingerprint density at radius 3 is 2.57 bits per heavy atom. The van der Waals surface area contributed by atoms with E-state index in [4.69, 9.17) is 4.74 Å². The fourth-order valence-electron chi connectivity index (χ4n) is 5.02. The Hall–Kier alpha value is -3.35. The molecule has 2 atom stereocenters. The van der Waals surface area contributed by atoms with Crippen molar-refractivity contribution in [1.29, 1.82) is 0 Å². The Morgan fingerprint density at radius 1 is 1.07 bits per heavy atom. The maximum absolute atomic E-state index is 13.8. The van der Waals surface area contributed by atoms with Gasteiger partial charge >= 0.3 is 0 Å². The molecule has 1 fully saturated rings. The molecule has 1 amide bonds. The average Bonchev–Trinajstić information content (AvgIpc) is 2.98. The van der Waals surface area contributed by atoms with Gasteiger partial charge in [-0.3, -0.25) is 18.2 Å². The lowest BCUT2D eigenvalue weighted by Crippen LogP contribution is -2.48. The molecule has 9 nitrogen and oxygen atoms in total. The fraction of sp³-hybridized carbons (Fsp3) is 0.387. The van der Waals surface area contributed by atoms with Crippen molar-refractivity contribution in [2.75, 3.05) is 42.1 Å². The van der Waals surface area contributed by atoms with E-state index in [2.05, 4.69) is 16.0 Å². The largest absolute Gasteiger partial charge is 0.494 e. The zero-order valence-corrected chi connectivity index (χ0v) is 24.9. The van der Waals surface area contributed by atoms with Crippen LogP contribution in [0.3, 0.4) is 0 Å². The second-order valence-corrected chi connectivity index (χ2v) is 12.5. The van der Waals surface area contributed by atoms with Gasteiger partial charge in [0.05, 0.1) is 30.7 Å². The summed E-state index contributed by atoms with van der Waals surface area (Å²) in [5.74, 6) is -0.386. The molecule has 0 bridgehead atoms. The minimum atomic E-state index is -2.97. The average molecular weight is 601 g/mol. The minimum Gasteiger partial charge on any atom is -0.494 e. The summed E-state index contributed by atoms with van der Waals surface area (Å²) in [6, 6.07) is 18.8. The zero-order chi connectivity index (χ0) is 30.1. The van der Waals surface area contributed by atoms with Gasteiger partial charge in [0.2, 0.25) is 0 Å². The summed E-state index contributed by atoms with van der Waals surface area (Å²) in [4.78, 5) is 13.6. The van der Waals surface area contributed by atoms with Gasteiger partial charge in [0.15, 0.2) is 11.6 Å². The van der Waals surface area contributed by atoms with Crippen LogP contribution < -0.4 is 25.0 Å². The van der Waals surface area contributed by atoms with Crippen LogP contribution in [0.4, 0.5) is 15.8 Å². The van der Waals surface area contributed by atoms with Gasteiger partial charge in [-0.2, -0.15) is 0 Å². The molecule has 1 saturated heterocycles. The third-order valence-corrected chi connectivity index (χ3v) is 9.14. The van der Waals surface area contributed by atoms with Gasteiger partial charge in [0, 0.05) is 37.4 Å². The van der Waals surface area contributed by atoms with Crippen LogP contribution in [0.5, 0.6) is 5.75 Å². The number of anilines is 2. The summed E-state index contributed by atoms with van der Waals surface area (Å²) < 4.78 is 41.8. The quantitative estimate of drug-likeness (QED) is 0.162. The summed E-state index contributed by atoms with van der Waals surface area (Å²) in [5.41, 5.74) is 3.35. The number of nitrogens with one attached hydrogen (secondary N) is 3. The van der Waals surface area contributed by atoms with Crippen LogP contribution in [0.1, 0.15) is 41.3 Å².